The van der Waals surface area contributed by atoms with E-state index in [-0.39, 0.29) is 23.7 Å². The molecule has 4 rings (SSSR count). The second kappa shape index (κ2) is 8.29. The van der Waals surface area contributed by atoms with Crippen molar-refractivity contribution >= 4 is 16.8 Å². The van der Waals surface area contributed by atoms with E-state index >= 15 is 0 Å². The molecule has 1 aromatic heterocycles. The number of benzene rings is 2. The summed E-state index contributed by atoms with van der Waals surface area (Å²) in [5.41, 5.74) is 9.33. The van der Waals surface area contributed by atoms with Crippen molar-refractivity contribution in [2.24, 2.45) is 11.7 Å². The number of aromatic nitrogens is 1. The number of pyridine rings is 1. The van der Waals surface area contributed by atoms with Crippen molar-refractivity contribution in [2.45, 2.75) is 32.2 Å². The Morgan fingerprint density at radius 1 is 1.17 bits per heavy atom. The molecule has 1 atom stereocenters. The van der Waals surface area contributed by atoms with Gasteiger partial charge in [-0.05, 0) is 62.2 Å². The van der Waals surface area contributed by atoms with Crippen molar-refractivity contribution in [1.29, 1.82) is 0 Å². The number of carbonyl (C=O) groups excluding carboxylic acids is 1. The van der Waals surface area contributed by atoms with E-state index in [1.807, 2.05) is 30.3 Å². The molecule has 1 fully saturated rings. The third-order valence-electron chi connectivity index (χ3n) is 5.99. The van der Waals surface area contributed by atoms with E-state index in [0.717, 1.165) is 60.1 Å². The van der Waals surface area contributed by atoms with Gasteiger partial charge in [0.25, 0.3) is 0 Å². The molecule has 5 heteroatoms. The number of hydrogen-bond donors (Lipinski definition) is 1. The molecule has 2 aromatic carbocycles. The molecule has 0 aliphatic carbocycles. The molecule has 29 heavy (non-hydrogen) atoms. The predicted molar refractivity (Wildman–Crippen MR) is 114 cm³/mol. The van der Waals surface area contributed by atoms with Gasteiger partial charge >= 0.3 is 0 Å². The molecular formula is C24H26FN3O. The van der Waals surface area contributed by atoms with E-state index in [2.05, 4.69) is 17.9 Å². The Labute approximate surface area is 170 Å². The normalized spacial score (nSPS) is 16.8. The molecule has 1 aliphatic rings. The molecule has 1 saturated heterocycles. The first-order valence-corrected chi connectivity index (χ1v) is 10.3. The van der Waals surface area contributed by atoms with Crippen LogP contribution in [-0.2, 0) is 4.79 Å². The van der Waals surface area contributed by atoms with Crippen LogP contribution in [0.5, 0.6) is 0 Å². The van der Waals surface area contributed by atoms with Gasteiger partial charge in [-0.2, -0.15) is 0 Å². The van der Waals surface area contributed by atoms with E-state index in [9.17, 15) is 9.18 Å². The lowest BCUT2D eigenvalue weighted by atomic mass is 9.91. The molecule has 1 aliphatic heterocycles. The van der Waals surface area contributed by atoms with Crippen LogP contribution in [0.15, 0.2) is 54.6 Å². The first-order chi connectivity index (χ1) is 14.1. The third kappa shape index (κ3) is 4.01. The number of hydrogen-bond acceptors (Lipinski definition) is 3. The summed E-state index contributed by atoms with van der Waals surface area (Å²) in [6.07, 6.45) is 2.44. The summed E-state index contributed by atoms with van der Waals surface area (Å²) >= 11 is 0. The molecule has 2 N–H and O–H groups in total. The van der Waals surface area contributed by atoms with Gasteiger partial charge in [-0.1, -0.05) is 37.3 Å². The van der Waals surface area contributed by atoms with Gasteiger partial charge in [-0.25, -0.2) is 9.37 Å². The van der Waals surface area contributed by atoms with Crippen molar-refractivity contribution < 1.29 is 9.18 Å². The van der Waals surface area contributed by atoms with Gasteiger partial charge in [-0.3, -0.25) is 9.69 Å². The quantitative estimate of drug-likeness (QED) is 0.686. The second-order valence-electron chi connectivity index (χ2n) is 7.76. The van der Waals surface area contributed by atoms with Gasteiger partial charge in [0, 0.05) is 22.9 Å². The lowest BCUT2D eigenvalue weighted by molar-refractivity contribution is -0.123. The minimum atomic E-state index is -0.254. The summed E-state index contributed by atoms with van der Waals surface area (Å²) in [5, 5.41) is 0.855. The van der Waals surface area contributed by atoms with E-state index in [4.69, 9.17) is 10.7 Å². The van der Waals surface area contributed by atoms with Crippen molar-refractivity contribution in [3.05, 3.63) is 66.0 Å². The number of halogens is 1. The lowest BCUT2D eigenvalue weighted by Crippen LogP contribution is -2.40. The highest BCUT2D eigenvalue weighted by Gasteiger charge is 2.29. The monoisotopic (exact) mass is 391 g/mol. The van der Waals surface area contributed by atoms with E-state index in [1.165, 1.54) is 6.07 Å². The van der Waals surface area contributed by atoms with Gasteiger partial charge in [0.1, 0.15) is 5.82 Å². The summed E-state index contributed by atoms with van der Waals surface area (Å²) in [6, 6.07) is 17.1. The van der Waals surface area contributed by atoms with Gasteiger partial charge in [0.15, 0.2) is 0 Å². The second-order valence-corrected chi connectivity index (χ2v) is 7.76. The van der Waals surface area contributed by atoms with Crippen molar-refractivity contribution in [3.8, 4) is 11.3 Å². The van der Waals surface area contributed by atoms with Crippen molar-refractivity contribution in [2.75, 3.05) is 13.1 Å². The molecule has 3 aromatic rings. The summed E-state index contributed by atoms with van der Waals surface area (Å²) < 4.78 is 14.1. The fourth-order valence-electron chi connectivity index (χ4n) is 4.43. The number of amides is 1. The molecule has 150 valence electrons. The average Bonchev–Trinajstić information content (AvgIpc) is 2.75. The van der Waals surface area contributed by atoms with Crippen LogP contribution in [0.2, 0.25) is 0 Å². The Bertz CT molecular complexity index is 1010. The number of likely N-dealkylation sites (tertiary alicyclic amines) is 1. The Morgan fingerprint density at radius 3 is 2.55 bits per heavy atom. The molecule has 1 amide bonds. The van der Waals surface area contributed by atoms with Crippen LogP contribution in [0.3, 0.4) is 0 Å². The number of fused-ring (bicyclic) bond motifs is 1. The third-order valence-corrected chi connectivity index (χ3v) is 5.99. The zero-order valence-corrected chi connectivity index (χ0v) is 16.6. The molecule has 0 bridgehead atoms. The molecule has 2 heterocycles. The standard InChI is InChI=1S/C24H26FN3O/c1-2-23(28-12-10-17(11-13-28)24(26)29)20-15-22(16-6-4-3-5-7-16)27-21-9-8-18(25)14-19(20)21/h3-9,14-15,17,23H,2,10-13H2,1H3,(H2,26,29). The van der Waals surface area contributed by atoms with Crippen LogP contribution in [-0.4, -0.2) is 28.9 Å². The maximum Gasteiger partial charge on any atom is 0.220 e. The number of nitrogens with zero attached hydrogens (tertiary/aromatic N) is 2. The highest BCUT2D eigenvalue weighted by atomic mass is 19.1. The number of carbonyl (C=O) groups is 1. The number of nitrogens with two attached hydrogens (primary N) is 1. The molecular weight excluding hydrogens is 365 g/mol. The Kier molecular flexibility index (Phi) is 5.58. The summed E-state index contributed by atoms with van der Waals surface area (Å²) in [4.78, 5) is 18.7. The first kappa shape index (κ1) is 19.5. The van der Waals surface area contributed by atoms with E-state index in [0.29, 0.717) is 0 Å². The maximum absolute atomic E-state index is 14.1. The van der Waals surface area contributed by atoms with Crippen LogP contribution in [0, 0.1) is 11.7 Å². The van der Waals surface area contributed by atoms with Crippen LogP contribution >= 0.6 is 0 Å². The SMILES string of the molecule is CCC(c1cc(-c2ccccc2)nc2ccc(F)cc12)N1CCC(C(N)=O)CC1. The van der Waals surface area contributed by atoms with Crippen molar-refractivity contribution in [3.63, 3.8) is 0 Å². The fourth-order valence-corrected chi connectivity index (χ4v) is 4.43. The fraction of sp³-hybridized carbons (Fsp3) is 0.333. The van der Waals surface area contributed by atoms with E-state index < -0.39 is 0 Å². The molecule has 0 radical (unpaired) electrons. The molecule has 4 nitrogen and oxygen atoms in total. The van der Waals surface area contributed by atoms with Gasteiger partial charge in [0.2, 0.25) is 5.91 Å². The minimum Gasteiger partial charge on any atom is -0.369 e. The Balaban J connectivity index is 1.78. The predicted octanol–water partition coefficient (Wildman–Crippen LogP) is 4.69. The molecule has 0 saturated carbocycles. The van der Waals surface area contributed by atoms with Crippen LogP contribution in [0.4, 0.5) is 4.39 Å². The maximum atomic E-state index is 14.1. The zero-order chi connectivity index (χ0) is 20.4. The molecule has 1 unspecified atom stereocenters. The Morgan fingerprint density at radius 2 is 1.90 bits per heavy atom. The first-order valence-electron chi connectivity index (χ1n) is 10.3. The van der Waals surface area contributed by atoms with Gasteiger partial charge in [-0.15, -0.1) is 0 Å². The van der Waals surface area contributed by atoms with Crippen LogP contribution in [0.1, 0.15) is 37.8 Å². The highest BCUT2D eigenvalue weighted by Crippen LogP contribution is 2.35. The van der Waals surface area contributed by atoms with Crippen LogP contribution < -0.4 is 5.73 Å². The summed E-state index contributed by atoms with van der Waals surface area (Å²) in [5.74, 6) is -0.508. The number of piperidine rings is 1. The number of primary amides is 1. The average molecular weight is 391 g/mol. The largest absolute Gasteiger partial charge is 0.369 e. The molecule has 0 spiro atoms. The van der Waals surface area contributed by atoms with E-state index in [1.54, 1.807) is 12.1 Å². The highest BCUT2D eigenvalue weighted by molar-refractivity contribution is 5.86. The van der Waals surface area contributed by atoms with Crippen molar-refractivity contribution in [1.82, 2.24) is 9.88 Å². The number of rotatable bonds is 5. The van der Waals surface area contributed by atoms with Crippen LogP contribution in [0.25, 0.3) is 22.2 Å². The summed E-state index contributed by atoms with van der Waals surface area (Å²) in [6.45, 7) is 3.77. The Hall–Kier alpha value is -2.79. The van der Waals surface area contributed by atoms with Gasteiger partial charge in [0.05, 0.1) is 11.2 Å². The zero-order valence-electron chi connectivity index (χ0n) is 16.6. The minimum absolute atomic E-state index is 0.0461. The lowest BCUT2D eigenvalue weighted by Gasteiger charge is -2.37. The smallest absolute Gasteiger partial charge is 0.220 e. The topological polar surface area (TPSA) is 59.2 Å². The van der Waals surface area contributed by atoms with Gasteiger partial charge < -0.3 is 5.73 Å². The summed E-state index contributed by atoms with van der Waals surface area (Å²) in [7, 11) is 0.